The van der Waals surface area contributed by atoms with Gasteiger partial charge in [0.15, 0.2) is 17.1 Å². The van der Waals surface area contributed by atoms with Gasteiger partial charge in [-0.3, -0.25) is 19.7 Å². The van der Waals surface area contributed by atoms with Crippen molar-refractivity contribution in [2.45, 2.75) is 12.8 Å². The van der Waals surface area contributed by atoms with E-state index >= 15 is 0 Å². The Morgan fingerprint density at radius 3 is 2.72 bits per heavy atom. The van der Waals surface area contributed by atoms with Gasteiger partial charge in [0.05, 0.1) is 22.8 Å². The van der Waals surface area contributed by atoms with E-state index < -0.39 is 0 Å². The maximum Gasteiger partial charge on any atom is 0.255 e. The maximum atomic E-state index is 12.7. The van der Waals surface area contributed by atoms with Crippen molar-refractivity contribution in [2.24, 2.45) is 5.92 Å². The number of hydrogen-bond acceptors (Lipinski definition) is 8. The number of rotatable bonds is 5. The molecule has 4 N–H and O–H groups in total. The molecule has 1 saturated carbocycles. The second kappa shape index (κ2) is 8.12. The van der Waals surface area contributed by atoms with Gasteiger partial charge in [0.2, 0.25) is 5.91 Å². The van der Waals surface area contributed by atoms with Crippen LogP contribution in [-0.2, 0) is 4.79 Å². The summed E-state index contributed by atoms with van der Waals surface area (Å²) in [5.41, 5.74) is 4.35. The molecule has 6 rings (SSSR count). The number of fused-ring (bicyclic) bond motifs is 2. The van der Waals surface area contributed by atoms with Crippen molar-refractivity contribution in [3.63, 3.8) is 0 Å². The lowest BCUT2D eigenvalue weighted by Crippen LogP contribution is -2.22. The molecule has 5 aromatic rings. The molecule has 36 heavy (non-hydrogen) atoms. The summed E-state index contributed by atoms with van der Waals surface area (Å²) >= 11 is 0. The van der Waals surface area contributed by atoms with Crippen LogP contribution in [0.15, 0.2) is 43.0 Å². The SMILES string of the molecule is CN(C)C(=O)c1ccnc2c1nc(-c1n[nH]c3ncc(-c4cncc(NC(=O)C5CC5)c4)cc13)n2N. The molecule has 5 heterocycles. The van der Waals surface area contributed by atoms with Gasteiger partial charge in [-0.15, -0.1) is 0 Å². The third kappa shape index (κ3) is 3.59. The quantitative estimate of drug-likeness (QED) is 0.321. The van der Waals surface area contributed by atoms with Crippen LogP contribution in [0.5, 0.6) is 0 Å². The predicted octanol–water partition coefficient (Wildman–Crippen LogP) is 2.20. The van der Waals surface area contributed by atoms with Crippen LogP contribution in [0.2, 0.25) is 0 Å². The Morgan fingerprint density at radius 2 is 1.94 bits per heavy atom. The highest BCUT2D eigenvalue weighted by Gasteiger charge is 2.29. The molecular formula is C24H22N10O2. The Morgan fingerprint density at radius 1 is 1.14 bits per heavy atom. The van der Waals surface area contributed by atoms with Crippen LogP contribution in [0.3, 0.4) is 0 Å². The molecule has 1 aliphatic carbocycles. The summed E-state index contributed by atoms with van der Waals surface area (Å²) in [7, 11) is 3.34. The van der Waals surface area contributed by atoms with E-state index in [9.17, 15) is 9.59 Å². The van der Waals surface area contributed by atoms with E-state index in [1.807, 2.05) is 12.1 Å². The summed E-state index contributed by atoms with van der Waals surface area (Å²) in [5, 5.41) is 10.9. The predicted molar refractivity (Wildman–Crippen MR) is 133 cm³/mol. The van der Waals surface area contributed by atoms with Gasteiger partial charge in [-0.25, -0.2) is 19.6 Å². The fourth-order valence-electron chi connectivity index (χ4n) is 4.06. The van der Waals surface area contributed by atoms with Gasteiger partial charge in [-0.05, 0) is 31.0 Å². The summed E-state index contributed by atoms with van der Waals surface area (Å²) in [6.45, 7) is 0. The lowest BCUT2D eigenvalue weighted by Gasteiger charge is -2.09. The average molecular weight is 483 g/mol. The third-order valence-electron chi connectivity index (χ3n) is 6.13. The first-order valence-corrected chi connectivity index (χ1v) is 11.4. The Hall–Kier alpha value is -4.87. The minimum Gasteiger partial charge on any atom is -0.345 e. The topological polar surface area (TPSA) is 161 Å². The molecule has 5 aromatic heterocycles. The van der Waals surface area contributed by atoms with Crippen molar-refractivity contribution in [3.8, 4) is 22.6 Å². The molecule has 0 bridgehead atoms. The number of nitrogens with one attached hydrogen (secondary N) is 2. The minimum absolute atomic E-state index is 0.0159. The summed E-state index contributed by atoms with van der Waals surface area (Å²) in [6, 6.07) is 5.38. The zero-order valence-electron chi connectivity index (χ0n) is 19.6. The first kappa shape index (κ1) is 21.6. The number of imidazole rings is 1. The number of nitrogens with two attached hydrogens (primary N) is 1. The van der Waals surface area contributed by atoms with Crippen LogP contribution in [0, 0.1) is 5.92 Å². The van der Waals surface area contributed by atoms with Crippen molar-refractivity contribution < 1.29 is 9.59 Å². The zero-order valence-corrected chi connectivity index (χ0v) is 19.6. The average Bonchev–Trinajstić information content (AvgIpc) is 3.58. The van der Waals surface area contributed by atoms with Crippen LogP contribution >= 0.6 is 0 Å². The number of pyridine rings is 3. The highest BCUT2D eigenvalue weighted by atomic mass is 16.2. The number of nitrogen functional groups attached to an aromatic ring is 1. The van der Waals surface area contributed by atoms with Crippen LogP contribution < -0.4 is 11.2 Å². The molecule has 0 saturated heterocycles. The number of anilines is 1. The van der Waals surface area contributed by atoms with Crippen LogP contribution in [0.1, 0.15) is 23.2 Å². The second-order valence-electron chi connectivity index (χ2n) is 8.95. The number of hydrogen-bond donors (Lipinski definition) is 3. The lowest BCUT2D eigenvalue weighted by atomic mass is 10.1. The summed E-state index contributed by atoms with van der Waals surface area (Å²) in [6.07, 6.45) is 8.41. The molecule has 1 aliphatic rings. The Balaban J connectivity index is 1.43. The standard InChI is InChI=1S/C24H22N10O2/c1-33(2)24(36)16-5-6-27-21-18(16)30-22(34(21)25)19-17-8-14(10-28-20(17)32-31-19)13-7-15(11-26-9-13)29-23(35)12-3-4-12/h5-12H,3-4,25H2,1-2H3,(H,29,35)(H,28,31,32). The maximum absolute atomic E-state index is 12.7. The smallest absolute Gasteiger partial charge is 0.255 e. The molecule has 12 nitrogen and oxygen atoms in total. The molecule has 0 spiro atoms. The normalized spacial score (nSPS) is 13.3. The van der Waals surface area contributed by atoms with Crippen molar-refractivity contribution in [2.75, 3.05) is 25.3 Å². The van der Waals surface area contributed by atoms with Crippen molar-refractivity contribution >= 4 is 39.7 Å². The number of carbonyl (C=O) groups is 2. The molecule has 12 heteroatoms. The second-order valence-corrected chi connectivity index (χ2v) is 8.95. The molecule has 180 valence electrons. The number of amides is 2. The van der Waals surface area contributed by atoms with Crippen LogP contribution in [0.4, 0.5) is 5.69 Å². The van der Waals surface area contributed by atoms with Crippen LogP contribution in [0.25, 0.3) is 44.8 Å². The van der Waals surface area contributed by atoms with E-state index in [1.54, 1.807) is 38.8 Å². The number of aromatic amines is 1. The van der Waals surface area contributed by atoms with E-state index in [1.165, 1.54) is 15.8 Å². The Labute approximate surface area is 204 Å². The van der Waals surface area contributed by atoms with Crippen molar-refractivity contribution in [1.29, 1.82) is 0 Å². The zero-order chi connectivity index (χ0) is 25.0. The van der Waals surface area contributed by atoms with Gasteiger partial charge in [0.25, 0.3) is 5.91 Å². The highest BCUT2D eigenvalue weighted by molar-refractivity contribution is 6.05. The third-order valence-corrected chi connectivity index (χ3v) is 6.13. The molecular weight excluding hydrogens is 460 g/mol. The monoisotopic (exact) mass is 482 g/mol. The van der Waals surface area contributed by atoms with Crippen molar-refractivity contribution in [3.05, 3.63) is 48.5 Å². The van der Waals surface area contributed by atoms with E-state index in [0.29, 0.717) is 45.0 Å². The number of carbonyl (C=O) groups excluding carboxylic acids is 2. The summed E-state index contributed by atoms with van der Waals surface area (Å²) in [4.78, 5) is 44.0. The van der Waals surface area contributed by atoms with E-state index in [2.05, 4.69) is 35.5 Å². The molecule has 0 unspecified atom stereocenters. The highest BCUT2D eigenvalue weighted by Crippen LogP contribution is 2.32. The molecule has 0 atom stereocenters. The van der Waals surface area contributed by atoms with Crippen LogP contribution in [-0.4, -0.2) is 65.6 Å². The Kier molecular flexibility index (Phi) is 4.88. The van der Waals surface area contributed by atoms with Gasteiger partial charge in [0, 0.05) is 49.7 Å². The van der Waals surface area contributed by atoms with Gasteiger partial charge in [-0.2, -0.15) is 5.10 Å². The largest absolute Gasteiger partial charge is 0.345 e. The first-order valence-electron chi connectivity index (χ1n) is 11.4. The summed E-state index contributed by atoms with van der Waals surface area (Å²) < 4.78 is 1.32. The Bertz CT molecular complexity index is 1660. The molecule has 0 aromatic carbocycles. The first-order chi connectivity index (χ1) is 17.4. The molecule has 0 aliphatic heterocycles. The minimum atomic E-state index is -0.205. The lowest BCUT2D eigenvalue weighted by molar-refractivity contribution is -0.117. The van der Waals surface area contributed by atoms with Gasteiger partial charge >= 0.3 is 0 Å². The fourth-order valence-corrected chi connectivity index (χ4v) is 4.06. The van der Waals surface area contributed by atoms with E-state index in [-0.39, 0.29) is 17.7 Å². The fraction of sp³-hybridized carbons (Fsp3) is 0.208. The molecule has 1 fully saturated rings. The van der Waals surface area contributed by atoms with Crippen molar-refractivity contribution in [1.82, 2.24) is 39.7 Å². The van der Waals surface area contributed by atoms with Gasteiger partial charge < -0.3 is 16.1 Å². The molecule has 2 amide bonds. The van der Waals surface area contributed by atoms with E-state index in [0.717, 1.165) is 24.0 Å². The van der Waals surface area contributed by atoms with Gasteiger partial charge in [-0.1, -0.05) is 0 Å². The van der Waals surface area contributed by atoms with E-state index in [4.69, 9.17) is 5.84 Å². The number of H-pyrrole nitrogens is 1. The van der Waals surface area contributed by atoms with Gasteiger partial charge in [0.1, 0.15) is 11.2 Å². The number of aromatic nitrogens is 7. The summed E-state index contributed by atoms with van der Waals surface area (Å²) in [5.74, 6) is 6.60. The molecule has 0 radical (unpaired) electrons. The number of nitrogens with zero attached hydrogens (tertiary/aromatic N) is 7.